The molecule has 1 aliphatic rings. The summed E-state index contributed by atoms with van der Waals surface area (Å²) in [7, 11) is 3.22. The Hall–Kier alpha value is -3.15. The van der Waals surface area contributed by atoms with Crippen molar-refractivity contribution in [3.63, 3.8) is 0 Å². The van der Waals surface area contributed by atoms with E-state index in [4.69, 9.17) is 24.7 Å². The number of benzene rings is 2. The Bertz CT molecular complexity index is 850. The Morgan fingerprint density at radius 3 is 2.38 bits per heavy atom. The van der Waals surface area contributed by atoms with Gasteiger partial charge in [0, 0.05) is 18.1 Å². The first-order valence-electron chi connectivity index (χ1n) is 8.25. The highest BCUT2D eigenvalue weighted by atomic mass is 16.5. The zero-order valence-electron chi connectivity index (χ0n) is 15.0. The van der Waals surface area contributed by atoms with Gasteiger partial charge in [0.25, 0.3) is 0 Å². The molecule has 0 fully saturated rings. The summed E-state index contributed by atoms with van der Waals surface area (Å²) in [4.78, 5) is 12.1. The van der Waals surface area contributed by atoms with Crippen molar-refractivity contribution in [1.82, 2.24) is 0 Å². The quantitative estimate of drug-likeness (QED) is 0.831. The third kappa shape index (κ3) is 3.44. The molecular formula is C20H21NO5. The first-order valence-corrected chi connectivity index (χ1v) is 8.25. The van der Waals surface area contributed by atoms with Gasteiger partial charge in [0.1, 0.15) is 22.8 Å². The molecule has 1 heterocycles. The van der Waals surface area contributed by atoms with E-state index in [1.165, 1.54) is 0 Å². The Morgan fingerprint density at radius 1 is 1.08 bits per heavy atom. The number of esters is 1. The fourth-order valence-corrected chi connectivity index (χ4v) is 2.82. The molecule has 3 rings (SSSR count). The van der Waals surface area contributed by atoms with E-state index in [0.717, 1.165) is 16.7 Å². The van der Waals surface area contributed by atoms with E-state index in [1.807, 2.05) is 36.4 Å². The number of carbonyl (C=O) groups excluding carboxylic acids is 1. The number of nitrogens with two attached hydrogens (primary N) is 1. The van der Waals surface area contributed by atoms with Gasteiger partial charge in [-0.2, -0.15) is 0 Å². The summed E-state index contributed by atoms with van der Waals surface area (Å²) in [5.74, 6) is 1.67. The molecule has 2 aromatic carbocycles. The van der Waals surface area contributed by atoms with Crippen molar-refractivity contribution in [1.29, 1.82) is 0 Å². The number of carbonyl (C=O) groups is 1. The molecule has 0 atom stereocenters. The van der Waals surface area contributed by atoms with Crippen LogP contribution in [0.1, 0.15) is 12.5 Å². The molecule has 0 amide bonds. The number of hydrogen-bond acceptors (Lipinski definition) is 6. The zero-order chi connectivity index (χ0) is 18.7. The SMILES string of the molecule is CCOC(=O)C1=C(N)Oc2ccc(-c3cc(OC)cc(OC)c3)cc2C1. The van der Waals surface area contributed by atoms with Crippen LogP contribution in [0, 0.1) is 0 Å². The van der Waals surface area contributed by atoms with E-state index in [2.05, 4.69) is 0 Å². The fourth-order valence-electron chi connectivity index (χ4n) is 2.82. The molecule has 0 spiro atoms. The van der Waals surface area contributed by atoms with E-state index in [9.17, 15) is 4.79 Å². The summed E-state index contributed by atoms with van der Waals surface area (Å²) in [5, 5.41) is 0. The van der Waals surface area contributed by atoms with Crippen LogP contribution < -0.4 is 19.9 Å². The maximum atomic E-state index is 12.1. The van der Waals surface area contributed by atoms with Crippen LogP contribution in [0.3, 0.4) is 0 Å². The van der Waals surface area contributed by atoms with Crippen molar-refractivity contribution < 1.29 is 23.7 Å². The van der Waals surface area contributed by atoms with Crippen LogP contribution in [-0.4, -0.2) is 26.8 Å². The second-order valence-corrected chi connectivity index (χ2v) is 5.77. The lowest BCUT2D eigenvalue weighted by Crippen LogP contribution is -2.23. The lowest BCUT2D eigenvalue weighted by atomic mass is 9.96. The molecule has 0 saturated carbocycles. The predicted molar refractivity (Wildman–Crippen MR) is 97.2 cm³/mol. The summed E-state index contributed by atoms with van der Waals surface area (Å²) < 4.78 is 21.3. The smallest absolute Gasteiger partial charge is 0.339 e. The molecule has 0 bridgehead atoms. The minimum atomic E-state index is -0.455. The first-order chi connectivity index (χ1) is 12.5. The van der Waals surface area contributed by atoms with Crippen LogP contribution in [0.5, 0.6) is 17.2 Å². The molecule has 1 aliphatic heterocycles. The Kier molecular flexibility index (Phi) is 5.02. The molecular weight excluding hydrogens is 334 g/mol. The highest BCUT2D eigenvalue weighted by molar-refractivity contribution is 5.90. The van der Waals surface area contributed by atoms with Gasteiger partial charge in [-0.3, -0.25) is 0 Å². The molecule has 6 heteroatoms. The minimum absolute atomic E-state index is 0.0896. The van der Waals surface area contributed by atoms with E-state index in [0.29, 0.717) is 29.2 Å². The van der Waals surface area contributed by atoms with Crippen LogP contribution in [0.2, 0.25) is 0 Å². The van der Waals surface area contributed by atoms with E-state index in [-0.39, 0.29) is 12.5 Å². The highest BCUT2D eigenvalue weighted by Gasteiger charge is 2.24. The third-order valence-electron chi connectivity index (χ3n) is 4.15. The molecule has 0 aromatic heterocycles. The van der Waals surface area contributed by atoms with Crippen LogP contribution in [0.25, 0.3) is 11.1 Å². The molecule has 26 heavy (non-hydrogen) atoms. The number of rotatable bonds is 5. The Balaban J connectivity index is 1.97. The molecule has 0 saturated heterocycles. The largest absolute Gasteiger partial charge is 0.497 e. The average Bonchev–Trinajstić information content (AvgIpc) is 2.66. The van der Waals surface area contributed by atoms with Gasteiger partial charge in [-0.15, -0.1) is 0 Å². The van der Waals surface area contributed by atoms with E-state index >= 15 is 0 Å². The molecule has 136 valence electrons. The second kappa shape index (κ2) is 7.39. The third-order valence-corrected chi connectivity index (χ3v) is 4.15. The molecule has 2 N–H and O–H groups in total. The number of hydrogen-bond donors (Lipinski definition) is 1. The van der Waals surface area contributed by atoms with Crippen LogP contribution in [-0.2, 0) is 16.0 Å². The maximum Gasteiger partial charge on any atom is 0.339 e. The first kappa shape index (κ1) is 17.7. The lowest BCUT2D eigenvalue weighted by Gasteiger charge is -2.21. The topological polar surface area (TPSA) is 80.0 Å². The van der Waals surface area contributed by atoms with Gasteiger partial charge in [-0.05, 0) is 42.3 Å². The average molecular weight is 355 g/mol. The van der Waals surface area contributed by atoms with Gasteiger partial charge in [-0.1, -0.05) is 6.07 Å². The normalized spacial score (nSPS) is 12.9. The van der Waals surface area contributed by atoms with E-state index < -0.39 is 5.97 Å². The van der Waals surface area contributed by atoms with Gasteiger partial charge >= 0.3 is 5.97 Å². The van der Waals surface area contributed by atoms with Crippen molar-refractivity contribution in [2.24, 2.45) is 5.73 Å². The van der Waals surface area contributed by atoms with Crippen LogP contribution >= 0.6 is 0 Å². The fraction of sp³-hybridized carbons (Fsp3) is 0.250. The van der Waals surface area contributed by atoms with Gasteiger partial charge in [-0.25, -0.2) is 4.79 Å². The maximum absolute atomic E-state index is 12.1. The summed E-state index contributed by atoms with van der Waals surface area (Å²) >= 11 is 0. The van der Waals surface area contributed by atoms with Crippen molar-refractivity contribution in [2.75, 3.05) is 20.8 Å². The molecule has 0 aliphatic carbocycles. The van der Waals surface area contributed by atoms with Crippen molar-refractivity contribution in [3.05, 3.63) is 53.4 Å². The van der Waals surface area contributed by atoms with Crippen molar-refractivity contribution in [3.8, 4) is 28.4 Å². The predicted octanol–water partition coefficient (Wildman–Crippen LogP) is 3.04. The van der Waals surface area contributed by atoms with Gasteiger partial charge in [0.2, 0.25) is 5.88 Å². The van der Waals surface area contributed by atoms with Crippen LogP contribution in [0.4, 0.5) is 0 Å². The Morgan fingerprint density at radius 2 is 1.77 bits per heavy atom. The summed E-state index contributed by atoms with van der Waals surface area (Å²) in [5.41, 5.74) is 8.96. The minimum Gasteiger partial charge on any atom is -0.497 e. The van der Waals surface area contributed by atoms with Gasteiger partial charge in [0.15, 0.2) is 0 Å². The molecule has 0 unspecified atom stereocenters. The summed E-state index contributed by atoms with van der Waals surface area (Å²) in [6.07, 6.45) is 0.356. The van der Waals surface area contributed by atoms with Crippen molar-refractivity contribution in [2.45, 2.75) is 13.3 Å². The second-order valence-electron chi connectivity index (χ2n) is 5.77. The van der Waals surface area contributed by atoms with Gasteiger partial charge < -0.3 is 24.7 Å². The molecule has 0 radical (unpaired) electrons. The Labute approximate surface area is 152 Å². The summed E-state index contributed by atoms with van der Waals surface area (Å²) in [6.45, 7) is 2.03. The summed E-state index contributed by atoms with van der Waals surface area (Å²) in [6, 6.07) is 11.4. The highest BCUT2D eigenvalue weighted by Crippen LogP contribution is 2.35. The molecule has 6 nitrogen and oxygen atoms in total. The zero-order valence-corrected chi connectivity index (χ0v) is 15.0. The molecule has 2 aromatic rings. The van der Waals surface area contributed by atoms with Gasteiger partial charge in [0.05, 0.1) is 20.8 Å². The van der Waals surface area contributed by atoms with Crippen LogP contribution in [0.15, 0.2) is 47.9 Å². The van der Waals surface area contributed by atoms with E-state index in [1.54, 1.807) is 21.1 Å². The number of ether oxygens (including phenoxy) is 4. The standard InChI is InChI=1S/C20H21NO5/c1-4-25-20(22)17-10-14-7-12(5-6-18(14)26-19(17)21)13-8-15(23-2)11-16(9-13)24-3/h5-9,11H,4,10,21H2,1-3H3. The number of fused-ring (bicyclic) bond motifs is 1. The number of methoxy groups -OCH3 is 2. The monoisotopic (exact) mass is 355 g/mol. The van der Waals surface area contributed by atoms with Crippen molar-refractivity contribution >= 4 is 5.97 Å². The lowest BCUT2D eigenvalue weighted by molar-refractivity contribution is -0.138.